The summed E-state index contributed by atoms with van der Waals surface area (Å²) in [6.45, 7) is 1.71. The van der Waals surface area contributed by atoms with Crippen LogP contribution in [0, 0.1) is 11.7 Å². The normalized spacial score (nSPS) is 10.1. The van der Waals surface area contributed by atoms with Crippen LogP contribution in [0.25, 0.3) is 6.08 Å². The predicted molar refractivity (Wildman–Crippen MR) is 82.6 cm³/mol. The molecule has 7 nitrogen and oxygen atoms in total. The van der Waals surface area contributed by atoms with Crippen molar-refractivity contribution < 1.29 is 0 Å². The number of hydrogen-bond acceptors (Lipinski definition) is 4. The molecule has 0 fully saturated rings. The Hall–Kier alpha value is -2.00. The maximum atomic E-state index is 10.9. The highest BCUT2D eigenvalue weighted by molar-refractivity contribution is 9.11. The van der Waals surface area contributed by atoms with Crippen molar-refractivity contribution in [2.24, 2.45) is 0 Å². The van der Waals surface area contributed by atoms with Gasteiger partial charge in [-0.05, 0) is 30.2 Å². The summed E-state index contributed by atoms with van der Waals surface area (Å²) < 4.78 is 0.366. The van der Waals surface area contributed by atoms with Crippen LogP contribution in [0.2, 0.25) is 0 Å². The Kier molecular flexibility index (Phi) is 6.07. The van der Waals surface area contributed by atoms with Crippen LogP contribution in [-0.4, -0.2) is 19.9 Å². The number of rotatable bonds is 1. The van der Waals surface area contributed by atoms with Crippen molar-refractivity contribution in [1.29, 1.82) is 0 Å². The number of H-pyrrole nitrogens is 4. The van der Waals surface area contributed by atoms with Crippen molar-refractivity contribution in [3.63, 3.8) is 0 Å². The Labute approximate surface area is 125 Å². The van der Waals surface area contributed by atoms with Gasteiger partial charge in [0.25, 0.3) is 11.1 Å². The third-order valence-electron chi connectivity index (χ3n) is 2.10. The van der Waals surface area contributed by atoms with E-state index in [1.165, 1.54) is 17.3 Å². The SMILES string of the molecule is Cc1c[nH]c(=S)[nH]c1=O.O=c1[nH]cc(/C=C/Br)c(=O)[nH]1. The fourth-order valence-corrected chi connectivity index (χ4v) is 1.53. The van der Waals surface area contributed by atoms with Crippen molar-refractivity contribution in [3.05, 3.63) is 64.5 Å². The van der Waals surface area contributed by atoms with E-state index in [1.807, 2.05) is 0 Å². The summed E-state index contributed by atoms with van der Waals surface area (Å²) in [4.78, 5) is 43.2. The Morgan fingerprint density at radius 2 is 1.80 bits per heavy atom. The molecule has 0 radical (unpaired) electrons. The monoisotopic (exact) mass is 358 g/mol. The summed E-state index contributed by atoms with van der Waals surface area (Å²) in [6, 6.07) is 0. The molecule has 9 heteroatoms. The van der Waals surface area contributed by atoms with Gasteiger partial charge >= 0.3 is 5.69 Å². The predicted octanol–water partition coefficient (Wildman–Crippen LogP) is 1.17. The molecule has 2 rings (SSSR count). The summed E-state index contributed by atoms with van der Waals surface area (Å²) in [5, 5.41) is 0. The number of halogens is 1. The highest BCUT2D eigenvalue weighted by Crippen LogP contribution is 1.92. The van der Waals surface area contributed by atoms with Crippen molar-refractivity contribution >= 4 is 34.2 Å². The zero-order valence-electron chi connectivity index (χ0n) is 10.3. The quantitative estimate of drug-likeness (QED) is 0.572. The third kappa shape index (κ3) is 4.94. The minimum atomic E-state index is -0.498. The molecule has 106 valence electrons. The molecule has 2 aromatic rings. The molecule has 2 heterocycles. The van der Waals surface area contributed by atoms with Gasteiger partial charge in [0.05, 0.1) is 5.56 Å². The van der Waals surface area contributed by atoms with Gasteiger partial charge in [0.1, 0.15) is 0 Å². The van der Waals surface area contributed by atoms with Crippen molar-refractivity contribution in [2.75, 3.05) is 0 Å². The van der Waals surface area contributed by atoms with Gasteiger partial charge in [-0.25, -0.2) is 4.79 Å². The Morgan fingerprint density at radius 3 is 2.30 bits per heavy atom. The summed E-state index contributed by atoms with van der Waals surface area (Å²) in [7, 11) is 0. The van der Waals surface area contributed by atoms with Gasteiger partial charge in [-0.2, -0.15) is 0 Å². The van der Waals surface area contributed by atoms with E-state index in [9.17, 15) is 14.4 Å². The third-order valence-corrected chi connectivity index (χ3v) is 2.58. The highest BCUT2D eigenvalue weighted by Gasteiger charge is 1.92. The van der Waals surface area contributed by atoms with E-state index in [0.717, 1.165) is 0 Å². The lowest BCUT2D eigenvalue weighted by molar-refractivity contribution is 1.03. The summed E-state index contributed by atoms with van der Waals surface area (Å²) in [6.07, 6.45) is 4.47. The molecule has 0 saturated carbocycles. The van der Waals surface area contributed by atoms with Crippen LogP contribution in [-0.2, 0) is 0 Å². The van der Waals surface area contributed by atoms with E-state index >= 15 is 0 Å². The molecule has 0 aromatic carbocycles. The van der Waals surface area contributed by atoms with Crippen LogP contribution in [0.4, 0.5) is 0 Å². The van der Waals surface area contributed by atoms with E-state index in [2.05, 4.69) is 48.1 Å². The fourth-order valence-electron chi connectivity index (χ4n) is 1.09. The van der Waals surface area contributed by atoms with E-state index in [0.29, 0.717) is 15.9 Å². The molecule has 0 atom stereocenters. The lowest BCUT2D eigenvalue weighted by Gasteiger charge is -1.87. The van der Waals surface area contributed by atoms with Crippen LogP contribution in [0.3, 0.4) is 0 Å². The smallest absolute Gasteiger partial charge is 0.325 e. The molecular weight excluding hydrogens is 348 g/mol. The minimum absolute atomic E-state index is 0.126. The molecule has 2 aromatic heterocycles. The maximum absolute atomic E-state index is 10.9. The molecule has 0 aliphatic rings. The second kappa shape index (κ2) is 7.56. The first-order valence-corrected chi connectivity index (χ1v) is 6.64. The van der Waals surface area contributed by atoms with Crippen LogP contribution in [0.15, 0.2) is 31.8 Å². The summed E-state index contributed by atoms with van der Waals surface area (Å²) in [5.41, 5.74) is 0.0231. The van der Waals surface area contributed by atoms with E-state index in [1.54, 1.807) is 13.1 Å². The Balaban J connectivity index is 0.000000204. The van der Waals surface area contributed by atoms with Crippen molar-refractivity contribution in [2.45, 2.75) is 6.92 Å². The van der Waals surface area contributed by atoms with E-state index in [4.69, 9.17) is 0 Å². The molecule has 4 N–H and O–H groups in total. The molecule has 0 spiro atoms. The molecule has 0 aliphatic carbocycles. The first-order chi connectivity index (χ1) is 9.43. The van der Waals surface area contributed by atoms with Gasteiger partial charge in [0.2, 0.25) is 0 Å². The highest BCUT2D eigenvalue weighted by atomic mass is 79.9. The minimum Gasteiger partial charge on any atom is -0.338 e. The number of nitrogens with one attached hydrogen (secondary N) is 4. The second-order valence-electron chi connectivity index (χ2n) is 3.57. The second-order valence-corrected chi connectivity index (χ2v) is 4.51. The number of aryl methyl sites for hydroxylation is 1. The van der Waals surface area contributed by atoms with Crippen LogP contribution in [0.5, 0.6) is 0 Å². The van der Waals surface area contributed by atoms with E-state index in [-0.39, 0.29) is 5.56 Å². The Bertz CT molecular complexity index is 831. The largest absolute Gasteiger partial charge is 0.338 e. The topological polar surface area (TPSA) is 114 Å². The summed E-state index contributed by atoms with van der Waals surface area (Å²) >= 11 is 7.66. The van der Waals surface area contributed by atoms with Gasteiger partial charge in [0, 0.05) is 18.0 Å². The van der Waals surface area contributed by atoms with Gasteiger partial charge < -0.3 is 9.97 Å². The average molecular weight is 359 g/mol. The van der Waals surface area contributed by atoms with Gasteiger partial charge in [-0.1, -0.05) is 15.9 Å². The molecular formula is C11H11BrN4O3S. The van der Waals surface area contributed by atoms with Crippen LogP contribution < -0.4 is 16.8 Å². The van der Waals surface area contributed by atoms with E-state index < -0.39 is 11.2 Å². The van der Waals surface area contributed by atoms with Gasteiger partial charge in [-0.15, -0.1) is 0 Å². The lowest BCUT2D eigenvalue weighted by Crippen LogP contribution is -2.22. The molecule has 0 saturated heterocycles. The van der Waals surface area contributed by atoms with Crippen molar-refractivity contribution in [3.8, 4) is 0 Å². The maximum Gasteiger partial charge on any atom is 0.325 e. The van der Waals surface area contributed by atoms with Gasteiger partial charge in [-0.3, -0.25) is 19.6 Å². The summed E-state index contributed by atoms with van der Waals surface area (Å²) in [5.74, 6) is 0. The molecule has 0 unspecified atom stereocenters. The number of hydrogen-bond donors (Lipinski definition) is 4. The standard InChI is InChI=1S/C6H5BrN2O2.C5H6N2OS/c7-2-1-4-3-8-6(11)9-5(4)10;1-3-2-6-5(9)7-4(3)8/h1-3H,(H2,8,9,10,11);2H,1H3,(H2,6,7,8,9)/b2-1+;. The zero-order chi connectivity index (χ0) is 15.1. The van der Waals surface area contributed by atoms with Gasteiger partial charge in [0.15, 0.2) is 4.77 Å². The number of aromatic nitrogens is 4. The molecule has 20 heavy (non-hydrogen) atoms. The molecule has 0 amide bonds. The Morgan fingerprint density at radius 1 is 1.10 bits per heavy atom. The number of aromatic amines is 4. The van der Waals surface area contributed by atoms with Crippen molar-refractivity contribution in [1.82, 2.24) is 19.9 Å². The molecule has 0 bridgehead atoms. The first kappa shape index (κ1) is 16.1. The van der Waals surface area contributed by atoms with Crippen LogP contribution in [0.1, 0.15) is 11.1 Å². The molecule has 0 aliphatic heterocycles. The average Bonchev–Trinajstić information content (AvgIpc) is 2.39. The lowest BCUT2D eigenvalue weighted by atomic mass is 10.3. The first-order valence-electron chi connectivity index (χ1n) is 5.31. The fraction of sp³-hybridized carbons (Fsp3) is 0.0909. The zero-order valence-corrected chi connectivity index (χ0v) is 12.7. The van der Waals surface area contributed by atoms with Crippen LogP contribution >= 0.6 is 28.1 Å².